The average Bonchev–Trinajstić information content (AvgIpc) is 2.08. The summed E-state index contributed by atoms with van der Waals surface area (Å²) in [7, 11) is 0. The summed E-state index contributed by atoms with van der Waals surface area (Å²) in [6, 6.07) is 0. The first-order chi connectivity index (χ1) is 5.33. The lowest BCUT2D eigenvalue weighted by Crippen LogP contribution is -2.47. The topological polar surface area (TPSA) is 32.3 Å². The van der Waals surface area contributed by atoms with Gasteiger partial charge in [-0.25, -0.2) is 0 Å². The van der Waals surface area contributed by atoms with Crippen LogP contribution in [0.5, 0.6) is 0 Å². The minimum absolute atomic E-state index is 0.156. The molecule has 0 aliphatic carbocycles. The second-order valence-corrected chi connectivity index (χ2v) is 2.22. The van der Waals surface area contributed by atoms with Gasteiger partial charge in [-0.1, -0.05) is 20.8 Å². The lowest BCUT2D eigenvalue weighted by Gasteiger charge is -2.24. The molecule has 11 heavy (non-hydrogen) atoms. The largest absolute Gasteiger partial charge is 0.354 e. The summed E-state index contributed by atoms with van der Waals surface area (Å²) in [4.78, 5) is 12.8. The van der Waals surface area contributed by atoms with E-state index in [9.17, 15) is 4.79 Å². The van der Waals surface area contributed by atoms with Gasteiger partial charge < -0.3 is 5.32 Å². The Morgan fingerprint density at radius 1 is 1.55 bits per heavy atom. The Hall–Kier alpha value is -0.570. The van der Waals surface area contributed by atoms with E-state index in [4.69, 9.17) is 0 Å². The van der Waals surface area contributed by atoms with Gasteiger partial charge in [-0.15, -0.1) is 0 Å². The number of hydrogen-bond donors (Lipinski definition) is 1. The van der Waals surface area contributed by atoms with Crippen molar-refractivity contribution >= 4 is 5.91 Å². The molecular formula is C8H18N2O. The standard InChI is InChI=1S/C6H12N2O.C2H6/c1-2-8-4-3-7-6(9)5-8;1-2/h2-5H2,1H3,(H,7,9);1-2H3. The molecule has 0 aromatic rings. The van der Waals surface area contributed by atoms with E-state index in [-0.39, 0.29) is 5.91 Å². The van der Waals surface area contributed by atoms with Gasteiger partial charge in [-0.3, -0.25) is 9.69 Å². The van der Waals surface area contributed by atoms with Crippen molar-refractivity contribution in [1.29, 1.82) is 0 Å². The van der Waals surface area contributed by atoms with Crippen LogP contribution >= 0.6 is 0 Å². The van der Waals surface area contributed by atoms with Gasteiger partial charge in [0.25, 0.3) is 0 Å². The van der Waals surface area contributed by atoms with Crippen LogP contribution < -0.4 is 5.32 Å². The first kappa shape index (κ1) is 10.4. The number of carbonyl (C=O) groups excluding carboxylic acids is 1. The van der Waals surface area contributed by atoms with E-state index in [1.165, 1.54) is 0 Å². The Morgan fingerprint density at radius 3 is 2.55 bits per heavy atom. The second kappa shape index (κ2) is 6.16. The van der Waals surface area contributed by atoms with Crippen LogP contribution in [0.4, 0.5) is 0 Å². The van der Waals surface area contributed by atoms with Crippen molar-refractivity contribution in [2.24, 2.45) is 0 Å². The Labute approximate surface area is 68.8 Å². The molecule has 1 aliphatic rings. The Morgan fingerprint density at radius 2 is 2.18 bits per heavy atom. The Bertz CT molecular complexity index is 115. The molecule has 1 fully saturated rings. The molecule has 3 nitrogen and oxygen atoms in total. The van der Waals surface area contributed by atoms with Crippen LogP contribution in [-0.4, -0.2) is 37.0 Å². The minimum atomic E-state index is 0.156. The molecule has 1 saturated heterocycles. The van der Waals surface area contributed by atoms with Crippen molar-refractivity contribution in [2.75, 3.05) is 26.2 Å². The maximum atomic E-state index is 10.7. The van der Waals surface area contributed by atoms with Crippen LogP contribution in [0.3, 0.4) is 0 Å². The van der Waals surface area contributed by atoms with Crippen LogP contribution in [0.1, 0.15) is 20.8 Å². The van der Waals surface area contributed by atoms with Crippen molar-refractivity contribution in [3.8, 4) is 0 Å². The SMILES string of the molecule is CC.CCN1CCNC(=O)C1. The van der Waals surface area contributed by atoms with Crippen molar-refractivity contribution in [1.82, 2.24) is 10.2 Å². The number of nitrogens with zero attached hydrogens (tertiary/aromatic N) is 1. The van der Waals surface area contributed by atoms with Gasteiger partial charge in [0.1, 0.15) is 0 Å². The van der Waals surface area contributed by atoms with E-state index in [1.54, 1.807) is 0 Å². The highest BCUT2D eigenvalue weighted by atomic mass is 16.2. The van der Waals surface area contributed by atoms with Gasteiger partial charge >= 0.3 is 0 Å². The predicted octanol–water partition coefficient (Wildman–Crippen LogP) is 0.464. The normalized spacial score (nSPS) is 18.3. The van der Waals surface area contributed by atoms with Crippen LogP contribution in [0.2, 0.25) is 0 Å². The van der Waals surface area contributed by atoms with E-state index < -0.39 is 0 Å². The molecule has 0 spiro atoms. The van der Waals surface area contributed by atoms with Crippen molar-refractivity contribution in [3.05, 3.63) is 0 Å². The van der Waals surface area contributed by atoms with E-state index in [1.807, 2.05) is 13.8 Å². The summed E-state index contributed by atoms with van der Waals surface area (Å²) in [5.74, 6) is 0.156. The summed E-state index contributed by atoms with van der Waals surface area (Å²) in [6.45, 7) is 9.44. The van der Waals surface area contributed by atoms with E-state index in [0.717, 1.165) is 19.6 Å². The fourth-order valence-electron chi connectivity index (χ4n) is 0.961. The molecule has 0 aromatic carbocycles. The van der Waals surface area contributed by atoms with Gasteiger partial charge in [0, 0.05) is 13.1 Å². The molecule has 1 aliphatic heterocycles. The molecule has 0 radical (unpaired) electrons. The minimum Gasteiger partial charge on any atom is -0.354 e. The highest BCUT2D eigenvalue weighted by molar-refractivity contribution is 5.78. The predicted molar refractivity (Wildman–Crippen MR) is 46.5 cm³/mol. The monoisotopic (exact) mass is 158 g/mol. The molecule has 1 rings (SSSR count). The van der Waals surface area contributed by atoms with Gasteiger partial charge in [0.05, 0.1) is 6.54 Å². The number of carbonyl (C=O) groups is 1. The fourth-order valence-corrected chi connectivity index (χ4v) is 0.961. The fraction of sp³-hybridized carbons (Fsp3) is 0.875. The summed E-state index contributed by atoms with van der Waals surface area (Å²) in [6.07, 6.45) is 0. The van der Waals surface area contributed by atoms with Crippen molar-refractivity contribution in [2.45, 2.75) is 20.8 Å². The zero-order chi connectivity index (χ0) is 8.69. The Balaban J connectivity index is 0.000000461. The lowest BCUT2D eigenvalue weighted by molar-refractivity contribution is -0.124. The molecule has 1 amide bonds. The molecule has 3 heteroatoms. The van der Waals surface area contributed by atoms with Crippen molar-refractivity contribution < 1.29 is 4.79 Å². The maximum absolute atomic E-state index is 10.7. The summed E-state index contributed by atoms with van der Waals surface area (Å²) in [5.41, 5.74) is 0. The molecule has 0 atom stereocenters. The highest BCUT2D eigenvalue weighted by Gasteiger charge is 2.12. The molecule has 0 bridgehead atoms. The van der Waals surface area contributed by atoms with Crippen LogP contribution in [0, 0.1) is 0 Å². The second-order valence-electron chi connectivity index (χ2n) is 2.22. The summed E-state index contributed by atoms with van der Waals surface area (Å²) in [5, 5.41) is 2.77. The zero-order valence-corrected chi connectivity index (χ0v) is 7.68. The quantitative estimate of drug-likeness (QED) is 0.601. The molecular weight excluding hydrogens is 140 g/mol. The summed E-state index contributed by atoms with van der Waals surface area (Å²) < 4.78 is 0. The first-order valence-corrected chi connectivity index (χ1v) is 4.32. The smallest absolute Gasteiger partial charge is 0.234 e. The third kappa shape index (κ3) is 3.98. The van der Waals surface area contributed by atoms with Crippen LogP contribution in [0.25, 0.3) is 0 Å². The number of rotatable bonds is 1. The average molecular weight is 158 g/mol. The number of nitrogens with one attached hydrogen (secondary N) is 1. The number of hydrogen-bond acceptors (Lipinski definition) is 2. The Kier molecular flexibility index (Phi) is 5.84. The lowest BCUT2D eigenvalue weighted by atomic mass is 10.3. The van der Waals surface area contributed by atoms with E-state index in [2.05, 4.69) is 17.1 Å². The first-order valence-electron chi connectivity index (χ1n) is 4.32. The molecule has 1 N–H and O–H groups in total. The van der Waals surface area contributed by atoms with E-state index >= 15 is 0 Å². The van der Waals surface area contributed by atoms with Crippen molar-refractivity contribution in [3.63, 3.8) is 0 Å². The van der Waals surface area contributed by atoms with Gasteiger partial charge in [-0.2, -0.15) is 0 Å². The zero-order valence-electron chi connectivity index (χ0n) is 7.68. The number of amides is 1. The van der Waals surface area contributed by atoms with E-state index in [0.29, 0.717) is 6.54 Å². The molecule has 0 unspecified atom stereocenters. The molecule has 0 aromatic heterocycles. The third-order valence-corrected chi connectivity index (χ3v) is 1.56. The van der Waals surface area contributed by atoms with Gasteiger partial charge in [0.15, 0.2) is 0 Å². The molecule has 0 saturated carbocycles. The summed E-state index contributed by atoms with van der Waals surface area (Å²) >= 11 is 0. The van der Waals surface area contributed by atoms with Gasteiger partial charge in [-0.05, 0) is 6.54 Å². The van der Waals surface area contributed by atoms with Crippen LogP contribution in [0.15, 0.2) is 0 Å². The molecule has 1 heterocycles. The number of piperazine rings is 1. The third-order valence-electron chi connectivity index (χ3n) is 1.56. The van der Waals surface area contributed by atoms with Gasteiger partial charge in [0.2, 0.25) is 5.91 Å². The molecule has 66 valence electrons. The van der Waals surface area contributed by atoms with Crippen LogP contribution in [-0.2, 0) is 4.79 Å². The number of likely N-dealkylation sites (N-methyl/N-ethyl adjacent to an activating group) is 1. The maximum Gasteiger partial charge on any atom is 0.234 e. The highest BCUT2D eigenvalue weighted by Crippen LogP contribution is 1.90.